The Kier molecular flexibility index (Phi) is 4.36. The first-order valence-electron chi connectivity index (χ1n) is 7.36. The second-order valence-electron chi connectivity index (χ2n) is 5.23. The number of nitriles is 1. The van der Waals surface area contributed by atoms with Crippen LogP contribution in [0.5, 0.6) is 0 Å². The van der Waals surface area contributed by atoms with Crippen molar-refractivity contribution in [2.45, 2.75) is 25.7 Å². The number of carbonyl (C=O) groups excluding carboxylic acids is 1. The number of thiophene rings is 1. The van der Waals surface area contributed by atoms with E-state index in [1.807, 2.05) is 18.2 Å². The van der Waals surface area contributed by atoms with Gasteiger partial charge in [-0.1, -0.05) is 30.3 Å². The molecule has 0 saturated heterocycles. The smallest absolute Gasteiger partial charge is 0.187 e. The Morgan fingerprint density at radius 1 is 1.23 bits per heavy atom. The molecule has 110 valence electrons. The Bertz CT molecular complexity index is 753. The van der Waals surface area contributed by atoms with Crippen molar-refractivity contribution in [2.75, 3.05) is 5.32 Å². The third-order valence-corrected chi connectivity index (χ3v) is 5.01. The topological polar surface area (TPSA) is 52.9 Å². The van der Waals surface area contributed by atoms with Crippen molar-refractivity contribution in [3.05, 3.63) is 64.2 Å². The molecular weight excluding hydrogens is 292 g/mol. The molecule has 0 aliphatic heterocycles. The van der Waals surface area contributed by atoms with Gasteiger partial charge in [0.05, 0.1) is 5.56 Å². The van der Waals surface area contributed by atoms with E-state index in [4.69, 9.17) is 0 Å². The van der Waals surface area contributed by atoms with Gasteiger partial charge in [0.1, 0.15) is 11.1 Å². The van der Waals surface area contributed by atoms with Crippen molar-refractivity contribution in [1.82, 2.24) is 0 Å². The number of hydrogen-bond donors (Lipinski definition) is 1. The van der Waals surface area contributed by atoms with E-state index in [0.29, 0.717) is 5.56 Å². The molecule has 0 bridgehead atoms. The Labute approximate surface area is 133 Å². The number of ketones is 1. The largest absolute Gasteiger partial charge is 0.352 e. The highest BCUT2D eigenvalue weighted by atomic mass is 32.1. The third-order valence-electron chi connectivity index (χ3n) is 3.79. The molecule has 0 amide bonds. The van der Waals surface area contributed by atoms with Crippen LogP contribution in [0.2, 0.25) is 0 Å². The molecule has 0 atom stereocenters. The summed E-state index contributed by atoms with van der Waals surface area (Å²) in [7, 11) is 0. The van der Waals surface area contributed by atoms with Gasteiger partial charge >= 0.3 is 0 Å². The number of carbonyl (C=O) groups is 1. The standard InChI is InChI=1S/C18H16N2OS/c19-12-15-14-8-4-5-9-17(14)22-18(15)20-11-10-16(21)13-6-2-1-3-7-13/h1-3,6-7,10-11,20H,4-5,8-9H2/b11-10-. The second-order valence-corrected chi connectivity index (χ2v) is 6.34. The highest BCUT2D eigenvalue weighted by Gasteiger charge is 2.19. The van der Waals surface area contributed by atoms with E-state index >= 15 is 0 Å². The molecular formula is C18H16N2OS. The van der Waals surface area contributed by atoms with Crippen molar-refractivity contribution in [2.24, 2.45) is 0 Å². The number of nitrogens with one attached hydrogen (secondary N) is 1. The van der Waals surface area contributed by atoms with Gasteiger partial charge in [0.2, 0.25) is 0 Å². The number of nitrogens with zero attached hydrogens (tertiary/aromatic N) is 1. The molecule has 1 heterocycles. The molecule has 0 unspecified atom stereocenters. The number of anilines is 1. The molecule has 2 aromatic rings. The summed E-state index contributed by atoms with van der Waals surface area (Å²) in [5.74, 6) is -0.0482. The minimum Gasteiger partial charge on any atom is -0.352 e. The van der Waals surface area contributed by atoms with Crippen LogP contribution >= 0.6 is 11.3 Å². The molecule has 1 aromatic carbocycles. The SMILES string of the molecule is N#Cc1c(N/C=C\C(=O)c2ccccc2)sc2c1CCCC2. The molecule has 22 heavy (non-hydrogen) atoms. The average Bonchev–Trinajstić information content (AvgIpc) is 2.93. The number of fused-ring (bicyclic) bond motifs is 1. The van der Waals surface area contributed by atoms with Crippen molar-refractivity contribution in [3.63, 3.8) is 0 Å². The van der Waals surface area contributed by atoms with Gasteiger partial charge in [-0.2, -0.15) is 5.26 Å². The molecule has 1 aromatic heterocycles. The fourth-order valence-electron chi connectivity index (χ4n) is 2.68. The van der Waals surface area contributed by atoms with Gasteiger partial charge < -0.3 is 5.32 Å². The van der Waals surface area contributed by atoms with Gasteiger partial charge in [-0.3, -0.25) is 4.79 Å². The maximum atomic E-state index is 12.0. The summed E-state index contributed by atoms with van der Waals surface area (Å²) in [6.45, 7) is 0. The minimum atomic E-state index is -0.0482. The number of hydrogen-bond acceptors (Lipinski definition) is 4. The summed E-state index contributed by atoms with van der Waals surface area (Å²) in [5.41, 5.74) is 2.60. The van der Waals surface area contributed by atoms with Crippen LogP contribution < -0.4 is 5.32 Å². The molecule has 3 rings (SSSR count). The summed E-state index contributed by atoms with van der Waals surface area (Å²) in [6, 6.07) is 11.4. The van der Waals surface area contributed by atoms with Gasteiger partial charge in [0.25, 0.3) is 0 Å². The van der Waals surface area contributed by atoms with Gasteiger partial charge in [0, 0.05) is 22.7 Å². The molecule has 3 nitrogen and oxygen atoms in total. The molecule has 1 aliphatic carbocycles. The van der Waals surface area contributed by atoms with Crippen LogP contribution in [0.15, 0.2) is 42.6 Å². The first-order valence-corrected chi connectivity index (χ1v) is 8.18. The number of rotatable bonds is 4. The second kappa shape index (κ2) is 6.59. The predicted octanol–water partition coefficient (Wildman–Crippen LogP) is 4.31. The fraction of sp³-hybridized carbons (Fsp3) is 0.222. The molecule has 1 N–H and O–H groups in total. The highest BCUT2D eigenvalue weighted by molar-refractivity contribution is 7.16. The summed E-state index contributed by atoms with van der Waals surface area (Å²) in [4.78, 5) is 13.3. The molecule has 0 radical (unpaired) electrons. The maximum Gasteiger partial charge on any atom is 0.187 e. The lowest BCUT2D eigenvalue weighted by Crippen LogP contribution is -2.00. The van der Waals surface area contributed by atoms with Crippen molar-refractivity contribution >= 4 is 22.1 Å². The van der Waals surface area contributed by atoms with Gasteiger partial charge in [-0.05, 0) is 31.2 Å². The van der Waals surface area contributed by atoms with Crippen LogP contribution in [0, 0.1) is 11.3 Å². The van der Waals surface area contributed by atoms with E-state index < -0.39 is 0 Å². The third kappa shape index (κ3) is 2.95. The van der Waals surface area contributed by atoms with Gasteiger partial charge in [-0.15, -0.1) is 11.3 Å². The van der Waals surface area contributed by atoms with Crippen LogP contribution in [0.3, 0.4) is 0 Å². The number of benzene rings is 1. The zero-order chi connectivity index (χ0) is 15.4. The average molecular weight is 308 g/mol. The fourth-order valence-corrected chi connectivity index (χ4v) is 3.90. The lowest BCUT2D eigenvalue weighted by atomic mass is 9.96. The number of allylic oxidation sites excluding steroid dienone is 1. The lowest BCUT2D eigenvalue weighted by Gasteiger charge is -2.09. The molecule has 4 heteroatoms. The zero-order valence-electron chi connectivity index (χ0n) is 12.1. The van der Waals surface area contributed by atoms with Gasteiger partial charge in [0.15, 0.2) is 5.78 Å². The van der Waals surface area contributed by atoms with E-state index in [9.17, 15) is 10.1 Å². The Hall–Kier alpha value is -2.38. The summed E-state index contributed by atoms with van der Waals surface area (Å²) >= 11 is 1.64. The van der Waals surface area contributed by atoms with Crippen molar-refractivity contribution in [1.29, 1.82) is 5.26 Å². The Morgan fingerprint density at radius 2 is 2.00 bits per heavy atom. The molecule has 0 fully saturated rings. The van der Waals surface area contributed by atoms with Crippen LogP contribution in [0.4, 0.5) is 5.00 Å². The first-order chi connectivity index (χ1) is 10.8. The predicted molar refractivity (Wildman–Crippen MR) is 89.2 cm³/mol. The summed E-state index contributed by atoms with van der Waals surface area (Å²) < 4.78 is 0. The quantitative estimate of drug-likeness (QED) is 0.676. The van der Waals surface area contributed by atoms with Crippen molar-refractivity contribution < 1.29 is 4.79 Å². The normalized spacial score (nSPS) is 13.6. The van der Waals surface area contributed by atoms with E-state index in [1.165, 1.54) is 22.9 Å². The highest BCUT2D eigenvalue weighted by Crippen LogP contribution is 2.37. The van der Waals surface area contributed by atoms with Crippen LogP contribution in [0.1, 0.15) is 39.2 Å². The van der Waals surface area contributed by atoms with E-state index in [0.717, 1.165) is 29.8 Å². The molecule has 0 spiro atoms. The van der Waals surface area contributed by atoms with Crippen molar-refractivity contribution in [3.8, 4) is 6.07 Å². The van der Waals surface area contributed by atoms with Gasteiger partial charge in [-0.25, -0.2) is 0 Å². The minimum absolute atomic E-state index is 0.0482. The summed E-state index contributed by atoms with van der Waals surface area (Å²) in [5, 5.41) is 13.3. The van der Waals surface area contributed by atoms with Crippen LogP contribution in [0.25, 0.3) is 0 Å². The molecule has 0 saturated carbocycles. The Morgan fingerprint density at radius 3 is 2.77 bits per heavy atom. The molecule has 1 aliphatic rings. The van der Waals surface area contributed by atoms with E-state index in [1.54, 1.807) is 29.7 Å². The maximum absolute atomic E-state index is 12.0. The first kappa shape index (κ1) is 14.6. The van der Waals surface area contributed by atoms with E-state index in [2.05, 4.69) is 11.4 Å². The van der Waals surface area contributed by atoms with Crippen LogP contribution in [-0.4, -0.2) is 5.78 Å². The summed E-state index contributed by atoms with van der Waals surface area (Å²) in [6.07, 6.45) is 7.54. The van der Waals surface area contributed by atoms with Crippen LogP contribution in [-0.2, 0) is 12.8 Å². The monoisotopic (exact) mass is 308 g/mol. The number of aryl methyl sites for hydroxylation is 1. The Balaban J connectivity index is 1.74. The zero-order valence-corrected chi connectivity index (χ0v) is 13.0. The lowest BCUT2D eigenvalue weighted by molar-refractivity contribution is 0.104. The van der Waals surface area contributed by atoms with E-state index in [-0.39, 0.29) is 5.78 Å².